The second-order valence-corrected chi connectivity index (χ2v) is 12.6. The number of hydrogen-bond acceptors (Lipinski definition) is 9. The number of fused-ring (bicyclic) bond motifs is 1. The lowest BCUT2D eigenvalue weighted by Gasteiger charge is -2.16. The highest BCUT2D eigenvalue weighted by atomic mass is 32.2. The number of methoxy groups -OCH3 is 2. The minimum Gasteiger partial charge on any atom is -0.383 e. The van der Waals surface area contributed by atoms with E-state index >= 15 is 0 Å². The topological polar surface area (TPSA) is 153 Å². The predicted octanol–water partition coefficient (Wildman–Crippen LogP) is 2.87. The van der Waals surface area contributed by atoms with E-state index in [1.54, 1.807) is 43.5 Å². The first-order valence-corrected chi connectivity index (χ1v) is 15.8. The molecule has 11 nitrogen and oxygen atoms in total. The van der Waals surface area contributed by atoms with Gasteiger partial charge in [0.25, 0.3) is 5.91 Å². The Morgan fingerprint density at radius 2 is 1.50 bits per heavy atom. The molecule has 0 fully saturated rings. The van der Waals surface area contributed by atoms with Crippen LogP contribution in [0.3, 0.4) is 0 Å². The molecule has 0 spiro atoms. The van der Waals surface area contributed by atoms with Gasteiger partial charge in [-0.25, -0.2) is 17.8 Å². The van der Waals surface area contributed by atoms with E-state index < -0.39 is 39.3 Å². The Morgan fingerprint density at radius 1 is 0.864 bits per heavy atom. The third-order valence-corrected chi connectivity index (χ3v) is 9.66. The minimum atomic E-state index is -4.40. The number of benzene rings is 3. The summed E-state index contributed by atoms with van der Waals surface area (Å²) in [5.41, 5.74) is 2.54. The maximum atomic E-state index is 13.7. The average molecular weight is 643 g/mol. The number of amides is 3. The molecule has 0 saturated carbocycles. The van der Waals surface area contributed by atoms with E-state index in [4.69, 9.17) is 9.47 Å². The van der Waals surface area contributed by atoms with Crippen molar-refractivity contribution in [2.75, 3.05) is 47.1 Å². The van der Waals surface area contributed by atoms with Crippen LogP contribution in [0.5, 0.6) is 0 Å². The van der Waals surface area contributed by atoms with Gasteiger partial charge in [-0.2, -0.15) is 0 Å². The highest BCUT2D eigenvalue weighted by Crippen LogP contribution is 2.36. The van der Waals surface area contributed by atoms with Gasteiger partial charge >= 0.3 is 0 Å². The number of nitrogens with one attached hydrogen (secondary N) is 3. The first-order chi connectivity index (χ1) is 21.1. The lowest BCUT2D eigenvalue weighted by Crippen LogP contribution is -2.41. The largest absolute Gasteiger partial charge is 0.383 e. The highest BCUT2D eigenvalue weighted by molar-refractivity contribution is 7.92. The summed E-state index contributed by atoms with van der Waals surface area (Å²) >= 11 is 1.02. The number of aromatic nitrogens is 1. The molecule has 1 atom stereocenters. The molecule has 0 radical (unpaired) electrons. The fraction of sp³-hybridized carbons (Fsp3) is 0.267. The van der Waals surface area contributed by atoms with E-state index in [0.717, 1.165) is 46.7 Å². The van der Waals surface area contributed by atoms with Gasteiger partial charge in [0.05, 0.1) is 34.9 Å². The summed E-state index contributed by atoms with van der Waals surface area (Å²) in [7, 11) is -1.37. The number of thiazole rings is 1. The average Bonchev–Trinajstić information content (AvgIpc) is 3.43. The molecule has 1 heterocycles. The first kappa shape index (κ1) is 32.7. The molecule has 0 bridgehead atoms. The van der Waals surface area contributed by atoms with E-state index in [-0.39, 0.29) is 29.0 Å². The van der Waals surface area contributed by atoms with Gasteiger partial charge in [0.15, 0.2) is 15.1 Å². The lowest BCUT2D eigenvalue weighted by atomic mass is 10.0. The van der Waals surface area contributed by atoms with E-state index in [2.05, 4.69) is 20.9 Å². The maximum Gasteiger partial charge on any atom is 0.251 e. The number of halogens is 1. The summed E-state index contributed by atoms with van der Waals surface area (Å²) in [6.07, 6.45) is 0. The number of ether oxygens (including phenoxy) is 2. The van der Waals surface area contributed by atoms with Crippen molar-refractivity contribution < 1.29 is 36.7 Å². The Balaban J connectivity index is 1.62. The Kier molecular flexibility index (Phi) is 11.1. The molecule has 232 valence electrons. The summed E-state index contributed by atoms with van der Waals surface area (Å²) in [6.45, 7) is 0.807. The van der Waals surface area contributed by atoms with Crippen LogP contribution >= 0.6 is 11.3 Å². The van der Waals surface area contributed by atoms with Crippen molar-refractivity contribution in [1.29, 1.82) is 0 Å². The summed E-state index contributed by atoms with van der Waals surface area (Å²) in [4.78, 5) is 42.0. The monoisotopic (exact) mass is 642 g/mol. The molecule has 1 aromatic heterocycles. The highest BCUT2D eigenvalue weighted by Gasteiger charge is 2.38. The van der Waals surface area contributed by atoms with E-state index in [1.165, 1.54) is 7.11 Å². The summed E-state index contributed by atoms with van der Waals surface area (Å²) in [6, 6.07) is 16.4. The Morgan fingerprint density at radius 3 is 2.16 bits per heavy atom. The molecule has 0 aliphatic carbocycles. The zero-order valence-corrected chi connectivity index (χ0v) is 25.6. The standard InChI is InChI=1S/C30H31FN4O7S2/c1-41-15-13-32-26(36)18-34-29(38)27(44(39,40)23-10-8-22(31)9-11-23)30-35-24-12-7-21(17-25(24)43-30)19-3-5-20(6-4-19)28(37)33-14-16-42-2/h3-12,17,27H,13-16,18H2,1-2H3,(H,32,36)(H,33,37)(H,34,38). The van der Waals surface area contributed by atoms with Crippen molar-refractivity contribution in [3.63, 3.8) is 0 Å². The van der Waals surface area contributed by atoms with Gasteiger partial charge in [-0.3, -0.25) is 14.4 Å². The minimum absolute atomic E-state index is 0.0122. The Hall–Kier alpha value is -4.24. The predicted molar refractivity (Wildman–Crippen MR) is 163 cm³/mol. The quantitative estimate of drug-likeness (QED) is 0.140. The molecule has 3 N–H and O–H groups in total. The van der Waals surface area contributed by atoms with Crippen LogP contribution in [0.1, 0.15) is 20.6 Å². The van der Waals surface area contributed by atoms with Gasteiger partial charge in [0, 0.05) is 32.9 Å². The molecule has 14 heteroatoms. The Bertz CT molecular complexity index is 1730. The number of carbonyl (C=O) groups excluding carboxylic acids is 3. The molecule has 3 amide bonds. The number of nitrogens with zero attached hydrogens (tertiary/aromatic N) is 1. The molecule has 1 unspecified atom stereocenters. The zero-order valence-electron chi connectivity index (χ0n) is 24.0. The van der Waals surface area contributed by atoms with E-state index in [9.17, 15) is 27.2 Å². The van der Waals surface area contributed by atoms with Gasteiger partial charge < -0.3 is 25.4 Å². The van der Waals surface area contributed by atoms with Gasteiger partial charge in [-0.05, 0) is 59.7 Å². The number of rotatable bonds is 14. The SMILES string of the molecule is COCCNC(=O)CNC(=O)C(c1nc2ccc(-c3ccc(C(=O)NCCOC)cc3)cc2s1)S(=O)(=O)c1ccc(F)cc1. The second kappa shape index (κ2) is 15.0. The van der Waals surface area contributed by atoms with Crippen LogP contribution in [0.25, 0.3) is 21.3 Å². The number of carbonyl (C=O) groups is 3. The van der Waals surface area contributed by atoms with Gasteiger partial charge in [0.1, 0.15) is 10.8 Å². The van der Waals surface area contributed by atoms with Crippen molar-refractivity contribution in [1.82, 2.24) is 20.9 Å². The van der Waals surface area contributed by atoms with E-state index in [0.29, 0.717) is 28.9 Å². The van der Waals surface area contributed by atoms with Crippen LogP contribution < -0.4 is 16.0 Å². The zero-order chi connectivity index (χ0) is 31.7. The molecule has 3 aromatic carbocycles. The number of hydrogen-bond donors (Lipinski definition) is 3. The fourth-order valence-corrected chi connectivity index (χ4v) is 7.16. The smallest absolute Gasteiger partial charge is 0.251 e. The van der Waals surface area contributed by atoms with Crippen LogP contribution in [-0.4, -0.2) is 78.2 Å². The van der Waals surface area contributed by atoms with Crippen molar-refractivity contribution >= 4 is 49.1 Å². The van der Waals surface area contributed by atoms with Gasteiger partial charge in [0.2, 0.25) is 11.8 Å². The third-order valence-electron chi connectivity index (χ3n) is 6.44. The molecule has 0 saturated heterocycles. The molecule has 4 aromatic rings. The second-order valence-electron chi connectivity index (χ2n) is 9.50. The van der Waals surface area contributed by atoms with Gasteiger partial charge in [-0.1, -0.05) is 18.2 Å². The van der Waals surface area contributed by atoms with Crippen LogP contribution in [0, 0.1) is 5.82 Å². The first-order valence-electron chi connectivity index (χ1n) is 13.4. The van der Waals surface area contributed by atoms with Crippen molar-refractivity contribution in [2.24, 2.45) is 0 Å². The summed E-state index contributed by atoms with van der Waals surface area (Å²) in [5.74, 6) is -2.34. The van der Waals surface area contributed by atoms with E-state index in [1.807, 2.05) is 6.07 Å². The van der Waals surface area contributed by atoms with Crippen LogP contribution in [0.2, 0.25) is 0 Å². The summed E-state index contributed by atoms with van der Waals surface area (Å²) < 4.78 is 51.4. The van der Waals surface area contributed by atoms with Crippen molar-refractivity contribution in [3.8, 4) is 11.1 Å². The number of sulfone groups is 1. The lowest BCUT2D eigenvalue weighted by molar-refractivity contribution is -0.126. The molecule has 0 aliphatic heterocycles. The van der Waals surface area contributed by atoms with Crippen LogP contribution in [0.15, 0.2) is 71.6 Å². The normalized spacial score (nSPS) is 12.1. The van der Waals surface area contributed by atoms with Crippen LogP contribution in [-0.2, 0) is 28.9 Å². The maximum absolute atomic E-state index is 13.7. The van der Waals surface area contributed by atoms with Gasteiger partial charge in [-0.15, -0.1) is 11.3 Å². The molecular weight excluding hydrogens is 611 g/mol. The fourth-order valence-electron chi connectivity index (χ4n) is 4.18. The van der Waals surface area contributed by atoms with Crippen molar-refractivity contribution in [2.45, 2.75) is 10.1 Å². The molecular formula is C30H31FN4O7S2. The summed E-state index contributed by atoms with van der Waals surface area (Å²) in [5, 5.41) is 5.89. The third kappa shape index (κ3) is 8.02. The molecule has 0 aliphatic rings. The molecule has 44 heavy (non-hydrogen) atoms. The molecule has 4 rings (SSSR count). The van der Waals surface area contributed by atoms with Crippen molar-refractivity contribution in [3.05, 3.63) is 83.1 Å². The Labute approximate surface area is 257 Å². The van der Waals surface area contributed by atoms with Crippen LogP contribution in [0.4, 0.5) is 4.39 Å².